The first-order valence-corrected chi connectivity index (χ1v) is 19.0. The van der Waals surface area contributed by atoms with E-state index in [1.807, 2.05) is 69.0 Å². The number of nitrogens with zero attached hydrogens (tertiary/aromatic N) is 6. The number of anilines is 2. The summed E-state index contributed by atoms with van der Waals surface area (Å²) in [6.07, 6.45) is 4.72. The van der Waals surface area contributed by atoms with Gasteiger partial charge in [-0.15, -0.1) is 0 Å². The molecule has 2 aromatic heterocycles. The molecule has 13 nitrogen and oxygen atoms in total. The van der Waals surface area contributed by atoms with Crippen LogP contribution in [0.25, 0.3) is 22.5 Å². The standard InChI is InChI=1S/C21H29BrN4O3.C16H21BrN4O2/c1-14(2)9-20(27)24-15-5-6-19(29-8-7-26-12-16(13-26)28-4)17(10-15)21-18(22)11-23-25(21)3;1-20-16(14(17)8-19-20)13-7-11(18)3-4-15(13)23-6-5-21-9-12(10-21)22-2/h5-6,10-11,14,16H,7-9,12-13H2,1-4H3,(H,24,27);3-4,7-8,12H,5-6,9-10,18H2,1-2H3. The Morgan fingerprint density at radius 3 is 1.75 bits per heavy atom. The van der Waals surface area contributed by atoms with Crippen molar-refractivity contribution in [2.75, 3.05) is 77.8 Å². The first-order valence-electron chi connectivity index (χ1n) is 17.4. The van der Waals surface area contributed by atoms with Crippen LogP contribution in [-0.4, -0.2) is 114 Å². The Hall–Kier alpha value is -3.47. The summed E-state index contributed by atoms with van der Waals surface area (Å²) in [5.41, 5.74) is 11.1. The van der Waals surface area contributed by atoms with E-state index in [0.717, 1.165) is 87.9 Å². The minimum absolute atomic E-state index is 0.00849. The Kier molecular flexibility index (Phi) is 14.2. The molecular weight excluding hydrogens is 796 g/mol. The highest BCUT2D eigenvalue weighted by atomic mass is 79.9. The van der Waals surface area contributed by atoms with Crippen LogP contribution in [0.3, 0.4) is 0 Å². The average molecular weight is 847 g/mol. The van der Waals surface area contributed by atoms with Gasteiger partial charge in [0.25, 0.3) is 0 Å². The van der Waals surface area contributed by atoms with E-state index in [1.165, 1.54) is 0 Å². The van der Waals surface area contributed by atoms with Crippen molar-refractivity contribution in [2.24, 2.45) is 20.0 Å². The normalized spacial score (nSPS) is 15.2. The lowest BCUT2D eigenvalue weighted by molar-refractivity contribution is -0.116. The number of nitrogens with one attached hydrogen (secondary N) is 1. The summed E-state index contributed by atoms with van der Waals surface area (Å²) in [6, 6.07) is 11.4. The van der Waals surface area contributed by atoms with E-state index in [0.29, 0.717) is 43.4 Å². The fourth-order valence-corrected chi connectivity index (χ4v) is 7.19. The molecule has 15 heteroatoms. The van der Waals surface area contributed by atoms with Gasteiger partial charge in [0.2, 0.25) is 5.91 Å². The van der Waals surface area contributed by atoms with Gasteiger partial charge in [0.05, 0.1) is 44.9 Å². The Labute approximate surface area is 323 Å². The zero-order valence-corrected chi connectivity index (χ0v) is 33.9. The van der Waals surface area contributed by atoms with Gasteiger partial charge in [0, 0.05) is 96.5 Å². The highest BCUT2D eigenvalue weighted by molar-refractivity contribution is 9.11. The number of methoxy groups -OCH3 is 2. The molecule has 0 aliphatic carbocycles. The second-order valence-electron chi connectivity index (χ2n) is 13.5. The van der Waals surface area contributed by atoms with Crippen LogP contribution in [0.1, 0.15) is 20.3 Å². The summed E-state index contributed by atoms with van der Waals surface area (Å²) in [5, 5.41) is 11.6. The van der Waals surface area contributed by atoms with E-state index >= 15 is 0 Å². The molecule has 2 aromatic carbocycles. The van der Waals surface area contributed by atoms with E-state index in [4.69, 9.17) is 24.7 Å². The molecule has 0 spiro atoms. The third kappa shape index (κ3) is 10.4. The van der Waals surface area contributed by atoms with Crippen molar-refractivity contribution in [3.05, 3.63) is 57.7 Å². The smallest absolute Gasteiger partial charge is 0.224 e. The first kappa shape index (κ1) is 39.7. The van der Waals surface area contributed by atoms with Crippen LogP contribution in [0.15, 0.2) is 57.7 Å². The summed E-state index contributed by atoms with van der Waals surface area (Å²) >= 11 is 7.11. The van der Waals surface area contributed by atoms with Gasteiger partial charge in [-0.25, -0.2) is 0 Å². The lowest BCUT2D eigenvalue weighted by atomic mass is 10.1. The number of hydrogen-bond donors (Lipinski definition) is 2. The zero-order valence-electron chi connectivity index (χ0n) is 30.8. The van der Waals surface area contributed by atoms with Crippen molar-refractivity contribution >= 4 is 49.1 Å². The number of likely N-dealkylation sites (tertiary alicyclic amines) is 2. The molecule has 0 atom stereocenters. The van der Waals surface area contributed by atoms with Gasteiger partial charge in [-0.05, 0) is 74.2 Å². The molecule has 1 amide bonds. The predicted octanol–water partition coefficient (Wildman–Crippen LogP) is 5.68. The third-order valence-electron chi connectivity index (χ3n) is 9.00. The van der Waals surface area contributed by atoms with Crippen molar-refractivity contribution in [1.29, 1.82) is 0 Å². The summed E-state index contributed by atoms with van der Waals surface area (Å²) in [4.78, 5) is 16.8. The molecule has 4 heterocycles. The van der Waals surface area contributed by atoms with Crippen molar-refractivity contribution in [3.8, 4) is 34.0 Å². The van der Waals surface area contributed by atoms with Gasteiger partial charge in [-0.1, -0.05) is 13.8 Å². The second kappa shape index (κ2) is 18.5. The van der Waals surface area contributed by atoms with Gasteiger partial charge >= 0.3 is 0 Å². The van der Waals surface area contributed by atoms with Crippen LogP contribution in [-0.2, 0) is 28.4 Å². The maximum atomic E-state index is 12.2. The van der Waals surface area contributed by atoms with Crippen LogP contribution < -0.4 is 20.5 Å². The van der Waals surface area contributed by atoms with Crippen molar-refractivity contribution in [3.63, 3.8) is 0 Å². The van der Waals surface area contributed by atoms with Gasteiger partial charge in [0.1, 0.15) is 24.7 Å². The molecule has 4 aromatic rings. The van der Waals surface area contributed by atoms with Crippen molar-refractivity contribution in [2.45, 2.75) is 32.5 Å². The van der Waals surface area contributed by atoms with Crippen LogP contribution in [0.5, 0.6) is 11.5 Å². The maximum Gasteiger partial charge on any atom is 0.224 e. The molecule has 2 saturated heterocycles. The summed E-state index contributed by atoms with van der Waals surface area (Å²) in [7, 11) is 7.29. The predicted molar refractivity (Wildman–Crippen MR) is 211 cm³/mol. The summed E-state index contributed by atoms with van der Waals surface area (Å²) in [6.45, 7) is 10.8. The number of carbonyl (C=O) groups excluding carboxylic acids is 1. The zero-order chi connectivity index (χ0) is 37.4. The number of benzene rings is 2. The minimum Gasteiger partial charge on any atom is -0.492 e. The third-order valence-corrected chi connectivity index (χ3v) is 10.2. The number of ether oxygens (including phenoxy) is 4. The average Bonchev–Trinajstić information content (AvgIpc) is 3.58. The Balaban J connectivity index is 0.000000206. The highest BCUT2D eigenvalue weighted by Gasteiger charge is 2.27. The van der Waals surface area contributed by atoms with Crippen molar-refractivity contribution in [1.82, 2.24) is 29.4 Å². The Morgan fingerprint density at radius 1 is 0.827 bits per heavy atom. The molecule has 282 valence electrons. The number of hydrogen-bond acceptors (Lipinski definition) is 10. The Bertz CT molecular complexity index is 1750. The molecule has 0 saturated carbocycles. The summed E-state index contributed by atoms with van der Waals surface area (Å²) in [5.74, 6) is 1.89. The highest BCUT2D eigenvalue weighted by Crippen LogP contribution is 2.38. The van der Waals surface area contributed by atoms with Gasteiger partial charge in [0.15, 0.2) is 0 Å². The molecule has 3 N–H and O–H groups in total. The van der Waals surface area contributed by atoms with Gasteiger partial charge in [-0.2, -0.15) is 10.2 Å². The number of carbonyl (C=O) groups is 1. The number of rotatable bonds is 15. The van der Waals surface area contributed by atoms with Crippen molar-refractivity contribution < 1.29 is 23.7 Å². The van der Waals surface area contributed by atoms with Crippen LogP contribution in [0.4, 0.5) is 11.4 Å². The van der Waals surface area contributed by atoms with E-state index in [1.54, 1.807) is 31.3 Å². The topological polar surface area (TPSA) is 134 Å². The van der Waals surface area contributed by atoms with Crippen LogP contribution in [0, 0.1) is 5.92 Å². The van der Waals surface area contributed by atoms with Gasteiger partial charge < -0.3 is 30.0 Å². The quantitative estimate of drug-likeness (QED) is 0.144. The minimum atomic E-state index is 0.00849. The molecule has 6 rings (SSSR count). The fourth-order valence-electron chi connectivity index (χ4n) is 6.07. The van der Waals surface area contributed by atoms with Gasteiger partial charge in [-0.3, -0.25) is 24.0 Å². The number of halogens is 2. The molecular formula is C37H50Br2N8O5. The monoisotopic (exact) mass is 844 g/mol. The van der Waals surface area contributed by atoms with Crippen LogP contribution >= 0.6 is 31.9 Å². The number of aromatic nitrogens is 4. The van der Waals surface area contributed by atoms with Crippen LogP contribution in [0.2, 0.25) is 0 Å². The summed E-state index contributed by atoms with van der Waals surface area (Å²) < 4.78 is 28.1. The molecule has 0 radical (unpaired) electrons. The number of nitrogens with two attached hydrogens (primary N) is 1. The first-order chi connectivity index (χ1) is 24.9. The fraction of sp³-hybridized carbons (Fsp3) is 0.486. The Morgan fingerprint density at radius 2 is 1.31 bits per heavy atom. The molecule has 2 aliphatic heterocycles. The van der Waals surface area contributed by atoms with E-state index in [2.05, 4.69) is 57.2 Å². The SMILES string of the molecule is COC1CN(CCOc2ccc(N)cc2-c2c(Br)cnn2C)C1.COC1CN(CCOc2ccc(NC(=O)CC(C)C)cc2-c2c(Br)cnn2C)C1. The molecule has 0 unspecified atom stereocenters. The molecule has 52 heavy (non-hydrogen) atoms. The molecule has 2 fully saturated rings. The lowest BCUT2D eigenvalue weighted by Gasteiger charge is -2.37. The number of amides is 1. The lowest BCUT2D eigenvalue weighted by Crippen LogP contribution is -2.52. The number of nitrogen functional groups attached to an aromatic ring is 1. The van der Waals surface area contributed by atoms with E-state index < -0.39 is 0 Å². The molecule has 0 bridgehead atoms. The van der Waals surface area contributed by atoms with E-state index in [9.17, 15) is 4.79 Å². The molecule has 2 aliphatic rings. The number of aryl methyl sites for hydroxylation is 2. The van der Waals surface area contributed by atoms with E-state index in [-0.39, 0.29) is 5.91 Å². The second-order valence-corrected chi connectivity index (χ2v) is 15.2. The maximum absolute atomic E-state index is 12.2. The largest absolute Gasteiger partial charge is 0.492 e.